The third kappa shape index (κ3) is 3.41. The van der Waals surface area contributed by atoms with E-state index in [2.05, 4.69) is 0 Å². The van der Waals surface area contributed by atoms with E-state index in [1.807, 2.05) is 18.2 Å². The Bertz CT molecular complexity index is 601. The highest BCUT2D eigenvalue weighted by Gasteiger charge is 2.32. The lowest BCUT2D eigenvalue weighted by atomic mass is 10.0. The van der Waals surface area contributed by atoms with Gasteiger partial charge in [-0.05, 0) is 37.0 Å². The third-order valence-electron chi connectivity index (χ3n) is 4.26. The number of ether oxygens (including phenoxy) is 3. The third-order valence-corrected chi connectivity index (χ3v) is 4.26. The highest BCUT2D eigenvalue weighted by atomic mass is 16.6. The molecule has 1 fully saturated rings. The molecule has 124 valence electrons. The number of hydrogen-bond acceptors (Lipinski definition) is 5. The van der Waals surface area contributed by atoms with Gasteiger partial charge in [0, 0.05) is 6.54 Å². The van der Waals surface area contributed by atoms with Crippen LogP contribution in [0.5, 0.6) is 11.5 Å². The van der Waals surface area contributed by atoms with Crippen molar-refractivity contribution in [3.63, 3.8) is 0 Å². The molecule has 0 bridgehead atoms. The monoisotopic (exact) mass is 319 g/mol. The van der Waals surface area contributed by atoms with Gasteiger partial charge in [-0.15, -0.1) is 0 Å². The van der Waals surface area contributed by atoms with Gasteiger partial charge in [-0.1, -0.05) is 6.07 Å². The zero-order chi connectivity index (χ0) is 16.2. The molecular formula is C17H21NO5. The Balaban J connectivity index is 1.71. The van der Waals surface area contributed by atoms with E-state index in [0.29, 0.717) is 37.7 Å². The van der Waals surface area contributed by atoms with Crippen molar-refractivity contribution in [2.75, 3.05) is 26.9 Å². The van der Waals surface area contributed by atoms with Gasteiger partial charge in [-0.3, -0.25) is 4.79 Å². The lowest BCUT2D eigenvalue weighted by Gasteiger charge is -2.34. The highest BCUT2D eigenvalue weighted by molar-refractivity contribution is 5.86. The van der Waals surface area contributed by atoms with E-state index in [4.69, 9.17) is 14.2 Å². The fourth-order valence-electron chi connectivity index (χ4n) is 3.09. The van der Waals surface area contributed by atoms with Gasteiger partial charge in [0.2, 0.25) is 5.91 Å². The van der Waals surface area contributed by atoms with Gasteiger partial charge in [0.25, 0.3) is 0 Å². The second-order valence-corrected chi connectivity index (χ2v) is 5.78. The van der Waals surface area contributed by atoms with Crippen molar-refractivity contribution < 1.29 is 23.8 Å². The van der Waals surface area contributed by atoms with Crippen LogP contribution in [0.4, 0.5) is 0 Å². The van der Waals surface area contributed by atoms with E-state index in [9.17, 15) is 9.59 Å². The van der Waals surface area contributed by atoms with Crippen LogP contribution in [-0.4, -0.2) is 49.7 Å². The smallest absolute Gasteiger partial charge is 0.328 e. The Labute approximate surface area is 135 Å². The summed E-state index contributed by atoms with van der Waals surface area (Å²) in [5.74, 6) is 0.986. The van der Waals surface area contributed by atoms with Crippen LogP contribution >= 0.6 is 0 Å². The number of esters is 1. The lowest BCUT2D eigenvalue weighted by molar-refractivity contribution is -0.154. The molecule has 6 heteroatoms. The fourth-order valence-corrected chi connectivity index (χ4v) is 3.09. The van der Waals surface area contributed by atoms with Crippen LogP contribution in [0, 0.1) is 0 Å². The maximum Gasteiger partial charge on any atom is 0.328 e. The van der Waals surface area contributed by atoms with Crippen molar-refractivity contribution in [3.8, 4) is 11.5 Å². The first-order valence-corrected chi connectivity index (χ1v) is 7.95. The molecule has 0 N–H and O–H groups in total. The van der Waals surface area contributed by atoms with Crippen LogP contribution in [-0.2, 0) is 20.7 Å². The standard InChI is InChI=1S/C17H21NO5/c1-21-17(20)13-4-2-3-7-18(13)16(19)11-12-5-6-14-15(10-12)23-9-8-22-14/h5-6,10,13H,2-4,7-9,11H2,1H3. The zero-order valence-electron chi connectivity index (χ0n) is 13.2. The number of carbonyl (C=O) groups is 2. The van der Waals surface area contributed by atoms with Crippen LogP contribution in [0.3, 0.4) is 0 Å². The summed E-state index contributed by atoms with van der Waals surface area (Å²) >= 11 is 0. The SMILES string of the molecule is COC(=O)C1CCCCN1C(=O)Cc1ccc2c(c1)OCCO2. The van der Waals surface area contributed by atoms with Crippen molar-refractivity contribution in [2.45, 2.75) is 31.7 Å². The van der Waals surface area contributed by atoms with Gasteiger partial charge >= 0.3 is 5.97 Å². The molecule has 1 aromatic carbocycles. The summed E-state index contributed by atoms with van der Waals surface area (Å²) in [6, 6.07) is 5.07. The van der Waals surface area contributed by atoms with Crippen LogP contribution in [0.25, 0.3) is 0 Å². The average molecular weight is 319 g/mol. The van der Waals surface area contributed by atoms with Crippen molar-refractivity contribution >= 4 is 11.9 Å². The van der Waals surface area contributed by atoms with Crippen LogP contribution in [0.2, 0.25) is 0 Å². The topological polar surface area (TPSA) is 65.1 Å². The summed E-state index contributed by atoms with van der Waals surface area (Å²) in [4.78, 5) is 26.1. The van der Waals surface area contributed by atoms with Crippen molar-refractivity contribution in [3.05, 3.63) is 23.8 Å². The maximum absolute atomic E-state index is 12.6. The number of methoxy groups -OCH3 is 1. The molecule has 1 saturated heterocycles. The van der Waals surface area contributed by atoms with E-state index in [0.717, 1.165) is 18.4 Å². The largest absolute Gasteiger partial charge is 0.486 e. The van der Waals surface area contributed by atoms with Gasteiger partial charge in [0.1, 0.15) is 19.3 Å². The highest BCUT2D eigenvalue weighted by Crippen LogP contribution is 2.31. The van der Waals surface area contributed by atoms with E-state index in [-0.39, 0.29) is 18.3 Å². The predicted molar refractivity (Wildman–Crippen MR) is 82.5 cm³/mol. The number of hydrogen-bond donors (Lipinski definition) is 0. The molecule has 2 aliphatic heterocycles. The molecule has 1 aromatic rings. The molecule has 0 aliphatic carbocycles. The second kappa shape index (κ2) is 6.89. The van der Waals surface area contributed by atoms with Crippen LogP contribution in [0.1, 0.15) is 24.8 Å². The number of fused-ring (bicyclic) bond motifs is 1. The fraction of sp³-hybridized carbons (Fsp3) is 0.529. The normalized spacial score (nSPS) is 20.0. The van der Waals surface area contributed by atoms with E-state index in [1.165, 1.54) is 7.11 Å². The van der Waals surface area contributed by atoms with Gasteiger partial charge in [0.05, 0.1) is 13.5 Å². The molecule has 0 aromatic heterocycles. The number of nitrogens with zero attached hydrogens (tertiary/aromatic N) is 1. The van der Waals surface area contributed by atoms with Gasteiger partial charge in [0.15, 0.2) is 11.5 Å². The van der Waals surface area contributed by atoms with Crippen LogP contribution in [0.15, 0.2) is 18.2 Å². The summed E-state index contributed by atoms with van der Waals surface area (Å²) in [5.41, 5.74) is 0.855. The molecule has 1 unspecified atom stereocenters. The summed E-state index contributed by atoms with van der Waals surface area (Å²) in [5, 5.41) is 0. The minimum atomic E-state index is -0.460. The Morgan fingerprint density at radius 3 is 2.78 bits per heavy atom. The first-order chi connectivity index (χ1) is 11.2. The first kappa shape index (κ1) is 15.6. The molecule has 2 heterocycles. The Morgan fingerprint density at radius 2 is 2.00 bits per heavy atom. The Kier molecular flexibility index (Phi) is 4.69. The van der Waals surface area contributed by atoms with E-state index < -0.39 is 6.04 Å². The van der Waals surface area contributed by atoms with Crippen molar-refractivity contribution in [2.24, 2.45) is 0 Å². The summed E-state index contributed by atoms with van der Waals surface area (Å²) in [7, 11) is 1.36. The zero-order valence-corrected chi connectivity index (χ0v) is 13.2. The second-order valence-electron chi connectivity index (χ2n) is 5.78. The molecule has 0 spiro atoms. The molecule has 1 amide bonds. The van der Waals surface area contributed by atoms with Crippen molar-refractivity contribution in [1.29, 1.82) is 0 Å². The number of likely N-dealkylation sites (tertiary alicyclic amines) is 1. The number of amides is 1. The number of benzene rings is 1. The van der Waals surface area contributed by atoms with Crippen LogP contribution < -0.4 is 9.47 Å². The minimum absolute atomic E-state index is 0.0585. The maximum atomic E-state index is 12.6. The molecule has 2 aliphatic rings. The van der Waals surface area contributed by atoms with Gasteiger partial charge < -0.3 is 19.1 Å². The predicted octanol–water partition coefficient (Wildman–Crippen LogP) is 1.55. The molecular weight excluding hydrogens is 298 g/mol. The molecule has 23 heavy (non-hydrogen) atoms. The Hall–Kier alpha value is -2.24. The molecule has 0 radical (unpaired) electrons. The first-order valence-electron chi connectivity index (χ1n) is 7.95. The van der Waals surface area contributed by atoms with E-state index in [1.54, 1.807) is 4.90 Å². The Morgan fingerprint density at radius 1 is 1.22 bits per heavy atom. The molecule has 3 rings (SSSR count). The summed E-state index contributed by atoms with van der Waals surface area (Å²) in [6.45, 7) is 1.66. The molecule has 1 atom stereocenters. The van der Waals surface area contributed by atoms with Gasteiger partial charge in [-0.25, -0.2) is 4.79 Å². The average Bonchev–Trinajstić information content (AvgIpc) is 2.61. The quantitative estimate of drug-likeness (QED) is 0.791. The summed E-state index contributed by atoms with van der Waals surface area (Å²) in [6.07, 6.45) is 2.76. The van der Waals surface area contributed by atoms with Crippen molar-refractivity contribution in [1.82, 2.24) is 4.90 Å². The number of carbonyl (C=O) groups excluding carboxylic acids is 2. The lowest BCUT2D eigenvalue weighted by Crippen LogP contribution is -2.49. The summed E-state index contributed by atoms with van der Waals surface area (Å²) < 4.78 is 15.9. The molecule has 0 saturated carbocycles. The number of rotatable bonds is 3. The van der Waals surface area contributed by atoms with E-state index >= 15 is 0 Å². The van der Waals surface area contributed by atoms with Gasteiger partial charge in [-0.2, -0.15) is 0 Å². The number of piperidine rings is 1. The minimum Gasteiger partial charge on any atom is -0.486 e. The molecule has 6 nitrogen and oxygen atoms in total.